The average molecular weight is 303 g/mol. The van der Waals surface area contributed by atoms with E-state index in [2.05, 4.69) is 5.32 Å². The van der Waals surface area contributed by atoms with E-state index in [1.165, 1.54) is 12.5 Å². The number of hydrogen-bond donors (Lipinski definition) is 2. The first-order chi connectivity index (χ1) is 10.6. The number of para-hydroxylation sites is 1. The van der Waals surface area contributed by atoms with Crippen LogP contribution in [0.25, 0.3) is 6.08 Å². The molecule has 1 aliphatic rings. The summed E-state index contributed by atoms with van der Waals surface area (Å²) in [5.74, 6) is -0.660. The summed E-state index contributed by atoms with van der Waals surface area (Å²) in [6.07, 6.45) is 8.13. The summed E-state index contributed by atoms with van der Waals surface area (Å²) in [7, 11) is 0. The largest absolute Gasteiger partial charge is 0.483 e. The maximum absolute atomic E-state index is 11.9. The highest BCUT2D eigenvalue weighted by atomic mass is 16.5. The number of aliphatic carboxylic acids is 1. The normalized spacial score (nSPS) is 15.6. The van der Waals surface area contributed by atoms with E-state index >= 15 is 0 Å². The third-order valence-corrected chi connectivity index (χ3v) is 3.65. The van der Waals surface area contributed by atoms with Gasteiger partial charge in [-0.05, 0) is 25.0 Å². The summed E-state index contributed by atoms with van der Waals surface area (Å²) < 4.78 is 5.52. The molecule has 0 unspecified atom stereocenters. The lowest BCUT2D eigenvalue weighted by molar-refractivity contribution is -0.131. The van der Waals surface area contributed by atoms with Gasteiger partial charge in [-0.25, -0.2) is 4.79 Å². The SMILES string of the molecule is O=C(O)/C=C\c1ccccc1OCC(=O)NC1CCCCC1. The first-order valence-electron chi connectivity index (χ1n) is 7.57. The van der Waals surface area contributed by atoms with Crippen LogP contribution in [0.3, 0.4) is 0 Å². The van der Waals surface area contributed by atoms with Crippen molar-refractivity contribution in [3.8, 4) is 5.75 Å². The highest BCUT2D eigenvalue weighted by molar-refractivity contribution is 5.86. The van der Waals surface area contributed by atoms with Crippen LogP contribution in [0.5, 0.6) is 5.75 Å². The van der Waals surface area contributed by atoms with Gasteiger partial charge in [0.1, 0.15) is 5.75 Å². The minimum atomic E-state index is -1.02. The topological polar surface area (TPSA) is 75.6 Å². The molecule has 1 aromatic rings. The molecule has 0 heterocycles. The van der Waals surface area contributed by atoms with Crippen molar-refractivity contribution in [2.75, 3.05) is 6.61 Å². The van der Waals surface area contributed by atoms with Gasteiger partial charge >= 0.3 is 5.97 Å². The van der Waals surface area contributed by atoms with Gasteiger partial charge in [0, 0.05) is 17.7 Å². The van der Waals surface area contributed by atoms with E-state index in [9.17, 15) is 9.59 Å². The number of hydrogen-bond acceptors (Lipinski definition) is 3. The lowest BCUT2D eigenvalue weighted by Gasteiger charge is -2.22. The minimum Gasteiger partial charge on any atom is -0.483 e. The number of carboxylic acids is 1. The average Bonchev–Trinajstić information content (AvgIpc) is 2.52. The minimum absolute atomic E-state index is 0.0611. The third kappa shape index (κ3) is 5.24. The Kier molecular flexibility index (Phi) is 6.01. The van der Waals surface area contributed by atoms with Crippen molar-refractivity contribution in [1.82, 2.24) is 5.32 Å². The zero-order valence-corrected chi connectivity index (χ0v) is 12.5. The van der Waals surface area contributed by atoms with Crippen LogP contribution in [-0.4, -0.2) is 29.6 Å². The van der Waals surface area contributed by atoms with Crippen LogP contribution >= 0.6 is 0 Å². The molecule has 0 atom stereocenters. The van der Waals surface area contributed by atoms with Crippen molar-refractivity contribution in [3.63, 3.8) is 0 Å². The van der Waals surface area contributed by atoms with Gasteiger partial charge in [0.25, 0.3) is 5.91 Å². The van der Waals surface area contributed by atoms with Crippen LogP contribution in [-0.2, 0) is 9.59 Å². The summed E-state index contributed by atoms with van der Waals surface area (Å²) in [6.45, 7) is -0.0611. The van der Waals surface area contributed by atoms with Gasteiger partial charge in [-0.2, -0.15) is 0 Å². The smallest absolute Gasteiger partial charge is 0.328 e. The molecule has 1 amide bonds. The van der Waals surface area contributed by atoms with Crippen molar-refractivity contribution < 1.29 is 19.4 Å². The Labute approximate surface area is 130 Å². The van der Waals surface area contributed by atoms with Crippen molar-refractivity contribution >= 4 is 18.0 Å². The lowest BCUT2D eigenvalue weighted by Crippen LogP contribution is -2.39. The molecule has 0 aromatic heterocycles. The van der Waals surface area contributed by atoms with Gasteiger partial charge in [-0.1, -0.05) is 37.5 Å². The molecule has 0 spiro atoms. The summed E-state index contributed by atoms with van der Waals surface area (Å²) in [6, 6.07) is 7.29. The fourth-order valence-electron chi connectivity index (χ4n) is 2.57. The molecular weight excluding hydrogens is 282 g/mol. The number of amides is 1. The molecule has 2 rings (SSSR count). The van der Waals surface area contributed by atoms with Gasteiger partial charge < -0.3 is 15.2 Å². The molecule has 0 radical (unpaired) electrons. The fraction of sp³-hybridized carbons (Fsp3) is 0.412. The van der Waals surface area contributed by atoms with Gasteiger partial charge in [0.15, 0.2) is 6.61 Å². The summed E-state index contributed by atoms with van der Waals surface area (Å²) in [4.78, 5) is 22.5. The monoisotopic (exact) mass is 303 g/mol. The summed E-state index contributed by atoms with van der Waals surface area (Å²) in [5.41, 5.74) is 0.635. The Bertz CT molecular complexity index is 547. The summed E-state index contributed by atoms with van der Waals surface area (Å²) >= 11 is 0. The first kappa shape index (κ1) is 16.1. The number of carboxylic acid groups (broad SMARTS) is 1. The molecule has 22 heavy (non-hydrogen) atoms. The lowest BCUT2D eigenvalue weighted by atomic mass is 9.95. The zero-order chi connectivity index (χ0) is 15.8. The third-order valence-electron chi connectivity index (χ3n) is 3.65. The first-order valence-corrected chi connectivity index (χ1v) is 7.57. The Balaban J connectivity index is 1.87. The molecule has 1 aliphatic carbocycles. The van der Waals surface area contributed by atoms with Crippen LogP contribution in [0.2, 0.25) is 0 Å². The van der Waals surface area contributed by atoms with Gasteiger partial charge in [-0.3, -0.25) is 4.79 Å². The molecule has 5 nitrogen and oxygen atoms in total. The van der Waals surface area contributed by atoms with E-state index in [1.54, 1.807) is 24.3 Å². The second-order valence-electron chi connectivity index (χ2n) is 5.40. The molecular formula is C17H21NO4. The van der Waals surface area contributed by atoms with E-state index in [4.69, 9.17) is 9.84 Å². The van der Waals surface area contributed by atoms with Gasteiger partial charge in [-0.15, -0.1) is 0 Å². The van der Waals surface area contributed by atoms with Gasteiger partial charge in [0.2, 0.25) is 0 Å². The summed E-state index contributed by atoms with van der Waals surface area (Å²) in [5, 5.41) is 11.7. The molecule has 0 bridgehead atoms. The molecule has 118 valence electrons. The Morgan fingerprint density at radius 3 is 2.68 bits per heavy atom. The maximum Gasteiger partial charge on any atom is 0.328 e. The van der Waals surface area contributed by atoms with E-state index in [0.29, 0.717) is 11.3 Å². The van der Waals surface area contributed by atoms with Crippen molar-refractivity contribution in [1.29, 1.82) is 0 Å². The second kappa shape index (κ2) is 8.22. The van der Waals surface area contributed by atoms with Crippen LogP contribution in [0.15, 0.2) is 30.3 Å². The fourth-order valence-corrected chi connectivity index (χ4v) is 2.57. The van der Waals surface area contributed by atoms with E-state index in [1.807, 2.05) is 0 Å². The molecule has 2 N–H and O–H groups in total. The molecule has 1 fully saturated rings. The molecule has 1 saturated carbocycles. The van der Waals surface area contributed by atoms with Crippen LogP contribution in [0, 0.1) is 0 Å². The standard InChI is InChI=1S/C17H21NO4/c19-16(18-14-7-2-1-3-8-14)12-22-15-9-5-4-6-13(15)10-11-17(20)21/h4-6,9-11,14H,1-3,7-8,12H2,(H,18,19)(H,20,21)/b11-10-. The molecule has 0 saturated heterocycles. The number of ether oxygens (including phenoxy) is 1. The maximum atomic E-state index is 11.9. The number of rotatable bonds is 6. The number of carbonyl (C=O) groups is 2. The molecule has 1 aromatic carbocycles. The highest BCUT2D eigenvalue weighted by Crippen LogP contribution is 2.20. The van der Waals surface area contributed by atoms with Crippen molar-refractivity contribution in [2.24, 2.45) is 0 Å². The number of carbonyl (C=O) groups excluding carboxylic acids is 1. The van der Waals surface area contributed by atoms with E-state index < -0.39 is 5.97 Å². The van der Waals surface area contributed by atoms with Crippen LogP contribution in [0.1, 0.15) is 37.7 Å². The Morgan fingerprint density at radius 1 is 1.23 bits per heavy atom. The predicted molar refractivity (Wildman–Crippen MR) is 83.6 cm³/mol. The zero-order valence-electron chi connectivity index (χ0n) is 12.5. The molecule has 0 aliphatic heterocycles. The van der Waals surface area contributed by atoms with Gasteiger partial charge in [0.05, 0.1) is 0 Å². The van der Waals surface area contributed by atoms with Crippen LogP contribution in [0.4, 0.5) is 0 Å². The van der Waals surface area contributed by atoms with Crippen LogP contribution < -0.4 is 10.1 Å². The highest BCUT2D eigenvalue weighted by Gasteiger charge is 2.16. The van der Waals surface area contributed by atoms with E-state index in [0.717, 1.165) is 31.8 Å². The number of nitrogens with one attached hydrogen (secondary N) is 1. The number of benzene rings is 1. The second-order valence-corrected chi connectivity index (χ2v) is 5.40. The predicted octanol–water partition coefficient (Wildman–Crippen LogP) is 2.61. The molecule has 5 heteroatoms. The Morgan fingerprint density at radius 2 is 1.95 bits per heavy atom. The van der Waals surface area contributed by atoms with Crippen molar-refractivity contribution in [3.05, 3.63) is 35.9 Å². The van der Waals surface area contributed by atoms with E-state index in [-0.39, 0.29) is 18.6 Å². The van der Waals surface area contributed by atoms with Crippen molar-refractivity contribution in [2.45, 2.75) is 38.1 Å². The Hall–Kier alpha value is -2.30. The quantitative estimate of drug-likeness (QED) is 0.792.